The Kier molecular flexibility index (Phi) is 7.85. The fourth-order valence-electron chi connectivity index (χ4n) is 4.02. The topological polar surface area (TPSA) is 102 Å². The molecule has 1 N–H and O–H groups in total. The number of carboxylic acids is 1. The molecule has 1 saturated heterocycles. The maximum Gasteiger partial charge on any atom is 0.490 e. The molecule has 2 aromatic heterocycles. The van der Waals surface area contributed by atoms with Gasteiger partial charge in [0, 0.05) is 42.7 Å². The third-order valence-corrected chi connectivity index (χ3v) is 5.63. The van der Waals surface area contributed by atoms with Gasteiger partial charge in [0.15, 0.2) is 0 Å². The van der Waals surface area contributed by atoms with Gasteiger partial charge in [-0.2, -0.15) is 13.2 Å². The second kappa shape index (κ2) is 10.6. The average Bonchev–Trinajstić information content (AvgIpc) is 3.19. The lowest BCUT2D eigenvalue weighted by Crippen LogP contribution is -2.56. The van der Waals surface area contributed by atoms with E-state index in [-0.39, 0.29) is 17.4 Å². The molecule has 1 aliphatic heterocycles. The summed E-state index contributed by atoms with van der Waals surface area (Å²) in [6, 6.07) is 9.18. The van der Waals surface area contributed by atoms with E-state index in [2.05, 4.69) is 9.97 Å². The van der Waals surface area contributed by atoms with Crippen LogP contribution in [0.3, 0.4) is 0 Å². The van der Waals surface area contributed by atoms with E-state index < -0.39 is 12.1 Å². The minimum absolute atomic E-state index is 0.0476. The Balaban J connectivity index is 0.000000383. The number of hydrogen-bond acceptors (Lipinski definition) is 6. The van der Waals surface area contributed by atoms with Crippen molar-refractivity contribution in [1.82, 2.24) is 14.9 Å². The fraction of sp³-hybridized carbons (Fsp3) is 0.455. The lowest BCUT2D eigenvalue weighted by molar-refractivity contribution is -0.192. The Morgan fingerprint density at radius 2 is 1.94 bits per heavy atom. The van der Waals surface area contributed by atoms with Crippen LogP contribution in [0.25, 0.3) is 0 Å². The number of hydrogen-bond donors (Lipinski definition) is 1. The van der Waals surface area contributed by atoms with Crippen molar-refractivity contribution in [2.45, 2.75) is 31.0 Å². The molecule has 178 valence electrons. The van der Waals surface area contributed by atoms with Gasteiger partial charge < -0.3 is 19.5 Å². The third kappa shape index (κ3) is 6.41. The number of aromatic nitrogens is 2. The summed E-state index contributed by atoms with van der Waals surface area (Å²) < 4.78 is 43.9. The number of aliphatic carboxylic acids is 1. The molecule has 11 heteroatoms. The van der Waals surface area contributed by atoms with E-state index in [9.17, 15) is 18.0 Å². The molecule has 1 saturated carbocycles. The van der Waals surface area contributed by atoms with Gasteiger partial charge in [0.1, 0.15) is 0 Å². The molecule has 1 amide bonds. The molecule has 3 heterocycles. The first kappa shape index (κ1) is 24.4. The van der Waals surface area contributed by atoms with Gasteiger partial charge in [-0.3, -0.25) is 9.78 Å². The predicted molar refractivity (Wildman–Crippen MR) is 110 cm³/mol. The lowest BCUT2D eigenvalue weighted by Gasteiger charge is -2.44. The Bertz CT molecular complexity index is 930. The number of nitrogens with zero attached hydrogens (tertiary/aromatic N) is 3. The first-order chi connectivity index (χ1) is 15.7. The summed E-state index contributed by atoms with van der Waals surface area (Å²) in [5, 5.41) is 7.12. The van der Waals surface area contributed by atoms with Gasteiger partial charge in [-0.05, 0) is 37.5 Å². The van der Waals surface area contributed by atoms with Crippen molar-refractivity contribution < 1.29 is 37.3 Å². The van der Waals surface area contributed by atoms with Crippen molar-refractivity contribution in [1.29, 1.82) is 0 Å². The quantitative estimate of drug-likeness (QED) is 0.737. The summed E-state index contributed by atoms with van der Waals surface area (Å²) in [4.78, 5) is 31.9. The van der Waals surface area contributed by atoms with E-state index in [1.807, 2.05) is 23.1 Å². The highest BCUT2D eigenvalue weighted by atomic mass is 19.4. The summed E-state index contributed by atoms with van der Waals surface area (Å²) in [5.74, 6) is -1.81. The number of carboxylic acid groups (broad SMARTS) is 1. The van der Waals surface area contributed by atoms with E-state index in [4.69, 9.17) is 19.4 Å². The zero-order valence-corrected chi connectivity index (χ0v) is 17.7. The number of halogens is 3. The zero-order chi connectivity index (χ0) is 23.9. The van der Waals surface area contributed by atoms with Crippen LogP contribution < -0.4 is 4.74 Å². The Morgan fingerprint density at radius 1 is 1.21 bits per heavy atom. The molecule has 2 aromatic rings. The van der Waals surface area contributed by atoms with Crippen LogP contribution in [0.1, 0.15) is 29.6 Å². The molecule has 2 atom stereocenters. The van der Waals surface area contributed by atoms with E-state index in [0.717, 1.165) is 19.3 Å². The smallest absolute Gasteiger partial charge is 0.477 e. The summed E-state index contributed by atoms with van der Waals surface area (Å²) in [5.41, 5.74) is 0.367. The van der Waals surface area contributed by atoms with E-state index >= 15 is 0 Å². The predicted octanol–water partition coefficient (Wildman–Crippen LogP) is 3.20. The van der Waals surface area contributed by atoms with Crippen LogP contribution in [0.5, 0.6) is 5.88 Å². The Morgan fingerprint density at radius 3 is 2.58 bits per heavy atom. The number of amides is 1. The Hall–Kier alpha value is -3.21. The molecular formula is C22H24F3N3O5. The van der Waals surface area contributed by atoms with Crippen LogP contribution in [-0.2, 0) is 9.53 Å². The zero-order valence-electron chi connectivity index (χ0n) is 17.7. The highest BCUT2D eigenvalue weighted by molar-refractivity contribution is 5.94. The molecule has 2 aliphatic rings. The number of ether oxygens (including phenoxy) is 2. The van der Waals surface area contributed by atoms with Gasteiger partial charge in [0.25, 0.3) is 5.91 Å². The van der Waals surface area contributed by atoms with Crippen molar-refractivity contribution in [3.8, 4) is 5.88 Å². The summed E-state index contributed by atoms with van der Waals surface area (Å²) in [6.45, 7) is 2.37. The van der Waals surface area contributed by atoms with E-state index in [1.165, 1.54) is 0 Å². The lowest BCUT2D eigenvalue weighted by atomic mass is 9.89. The summed E-state index contributed by atoms with van der Waals surface area (Å²) in [7, 11) is 0. The molecule has 0 unspecified atom stereocenters. The molecule has 1 aliphatic carbocycles. The van der Waals surface area contributed by atoms with Crippen molar-refractivity contribution in [2.75, 3.05) is 26.3 Å². The molecule has 0 aromatic carbocycles. The van der Waals surface area contributed by atoms with Crippen molar-refractivity contribution >= 4 is 11.9 Å². The number of alkyl halides is 3. The molecule has 4 rings (SSSR count). The number of carbonyl (C=O) groups is 2. The van der Waals surface area contributed by atoms with Crippen LogP contribution in [0.2, 0.25) is 0 Å². The SMILES string of the molecule is O=C(O)C(F)(F)F.O=C(c1ccncc1)N1CCO[C@]2(CCC[C@H]2COc2ccccn2)C1. The number of pyridine rings is 2. The highest BCUT2D eigenvalue weighted by Crippen LogP contribution is 2.41. The second-order valence-electron chi connectivity index (χ2n) is 7.75. The molecule has 8 nitrogen and oxygen atoms in total. The average molecular weight is 467 g/mol. The van der Waals surface area contributed by atoms with Crippen LogP contribution in [0, 0.1) is 5.92 Å². The normalized spacial score (nSPS) is 22.4. The molecule has 2 fully saturated rings. The molecule has 0 bridgehead atoms. The summed E-state index contributed by atoms with van der Waals surface area (Å²) >= 11 is 0. The molecule has 0 radical (unpaired) electrons. The maximum absolute atomic E-state index is 12.8. The fourth-order valence-corrected chi connectivity index (χ4v) is 4.02. The Labute approximate surface area is 188 Å². The monoisotopic (exact) mass is 467 g/mol. The van der Waals surface area contributed by atoms with Gasteiger partial charge in [-0.15, -0.1) is 0 Å². The van der Waals surface area contributed by atoms with Crippen molar-refractivity contribution in [3.05, 3.63) is 54.5 Å². The minimum Gasteiger partial charge on any atom is -0.477 e. The number of morpholine rings is 1. The van der Waals surface area contributed by atoms with E-state index in [1.54, 1.807) is 30.7 Å². The molecule has 1 spiro atoms. The molecular weight excluding hydrogens is 443 g/mol. The van der Waals surface area contributed by atoms with Crippen LogP contribution >= 0.6 is 0 Å². The van der Waals surface area contributed by atoms with Crippen LogP contribution in [0.4, 0.5) is 13.2 Å². The van der Waals surface area contributed by atoms with Gasteiger partial charge in [0.05, 0.1) is 25.4 Å². The maximum atomic E-state index is 12.8. The summed E-state index contributed by atoms with van der Waals surface area (Å²) in [6.07, 6.45) is 3.05. The largest absolute Gasteiger partial charge is 0.490 e. The van der Waals surface area contributed by atoms with Gasteiger partial charge in [-0.1, -0.05) is 6.07 Å². The van der Waals surface area contributed by atoms with Gasteiger partial charge in [0.2, 0.25) is 5.88 Å². The van der Waals surface area contributed by atoms with E-state index in [0.29, 0.717) is 37.7 Å². The second-order valence-corrected chi connectivity index (χ2v) is 7.75. The van der Waals surface area contributed by atoms with Crippen molar-refractivity contribution in [2.24, 2.45) is 5.92 Å². The number of rotatable bonds is 4. The molecule has 33 heavy (non-hydrogen) atoms. The van der Waals surface area contributed by atoms with Gasteiger partial charge >= 0.3 is 12.1 Å². The van der Waals surface area contributed by atoms with Crippen molar-refractivity contribution in [3.63, 3.8) is 0 Å². The highest BCUT2D eigenvalue weighted by Gasteiger charge is 2.48. The van der Waals surface area contributed by atoms with Crippen LogP contribution in [0.15, 0.2) is 48.9 Å². The number of carbonyl (C=O) groups excluding carboxylic acids is 1. The van der Waals surface area contributed by atoms with Crippen LogP contribution in [-0.4, -0.2) is 69.9 Å². The first-order valence-corrected chi connectivity index (χ1v) is 10.4. The van der Waals surface area contributed by atoms with Gasteiger partial charge in [-0.25, -0.2) is 9.78 Å². The third-order valence-electron chi connectivity index (χ3n) is 5.63. The minimum atomic E-state index is -5.08. The first-order valence-electron chi connectivity index (χ1n) is 10.4. The standard InChI is InChI=1S/C20H23N3O3.C2HF3O2/c24-19(16-6-10-21-11-7-16)23-12-13-26-20(15-23)8-3-4-17(20)14-25-18-5-1-2-9-22-18;3-2(4,5)1(6)7/h1-2,5-7,9-11,17H,3-4,8,12-15H2;(H,6,7)/t17-,20+;/m0./s1.